The van der Waals surface area contributed by atoms with Gasteiger partial charge < -0.3 is 10.6 Å². The fraction of sp³-hybridized carbons (Fsp3) is 0.231. The molecule has 4 nitrogen and oxygen atoms in total. The fourth-order valence-corrected chi connectivity index (χ4v) is 2.43. The summed E-state index contributed by atoms with van der Waals surface area (Å²) in [6.07, 6.45) is 1.01. The van der Waals surface area contributed by atoms with Gasteiger partial charge in [0, 0.05) is 16.7 Å². The summed E-state index contributed by atoms with van der Waals surface area (Å²) in [5, 5.41) is 15.0. The first-order chi connectivity index (χ1) is 8.81. The maximum Gasteiger partial charge on any atom is 0.153 e. The first-order valence-electron chi connectivity index (χ1n) is 5.90. The Morgan fingerprint density at radius 3 is 3.06 bits per heavy atom. The number of hydrogen-bond donors (Lipinski definition) is 2. The summed E-state index contributed by atoms with van der Waals surface area (Å²) < 4.78 is 1.04. The van der Waals surface area contributed by atoms with Crippen molar-refractivity contribution in [3.63, 3.8) is 0 Å². The van der Waals surface area contributed by atoms with Crippen LogP contribution in [0.15, 0.2) is 34.8 Å². The highest BCUT2D eigenvalue weighted by Crippen LogP contribution is 2.21. The van der Waals surface area contributed by atoms with E-state index in [1.54, 1.807) is 0 Å². The Bertz CT molecular complexity index is 571. The molecule has 0 aliphatic carbocycles. The summed E-state index contributed by atoms with van der Waals surface area (Å²) in [7, 11) is 0. The number of aromatic nitrogens is 2. The molecule has 92 valence electrons. The van der Waals surface area contributed by atoms with Gasteiger partial charge in [0.2, 0.25) is 0 Å². The number of benzene rings is 1. The molecule has 1 aromatic heterocycles. The third-order valence-electron chi connectivity index (χ3n) is 2.92. The molecule has 1 aromatic carbocycles. The van der Waals surface area contributed by atoms with Gasteiger partial charge in [0.25, 0.3) is 0 Å². The number of nitrogens with zero attached hydrogens (tertiary/aromatic N) is 2. The van der Waals surface area contributed by atoms with Crippen LogP contribution in [-0.2, 0) is 13.0 Å². The first kappa shape index (κ1) is 11.6. The zero-order chi connectivity index (χ0) is 12.4. The molecule has 2 N–H and O–H groups in total. The van der Waals surface area contributed by atoms with Gasteiger partial charge >= 0.3 is 0 Å². The minimum atomic E-state index is 0.800. The lowest BCUT2D eigenvalue weighted by molar-refractivity contribution is 0.617. The van der Waals surface area contributed by atoms with Crippen LogP contribution in [0.25, 0.3) is 0 Å². The number of nitrogens with one attached hydrogen (secondary N) is 2. The van der Waals surface area contributed by atoms with E-state index in [2.05, 4.69) is 42.8 Å². The molecule has 0 atom stereocenters. The Morgan fingerprint density at radius 2 is 2.17 bits per heavy atom. The molecule has 1 aliphatic rings. The van der Waals surface area contributed by atoms with E-state index in [0.717, 1.165) is 41.2 Å². The Hall–Kier alpha value is -1.46. The molecule has 5 heteroatoms. The predicted molar refractivity (Wildman–Crippen MR) is 74.9 cm³/mol. The van der Waals surface area contributed by atoms with Crippen molar-refractivity contribution in [3.8, 4) is 0 Å². The lowest BCUT2D eigenvalue weighted by atomic mass is 10.1. The number of anilines is 2. The van der Waals surface area contributed by atoms with Crippen molar-refractivity contribution in [1.29, 1.82) is 0 Å². The van der Waals surface area contributed by atoms with Crippen LogP contribution >= 0.6 is 15.9 Å². The van der Waals surface area contributed by atoms with E-state index in [0.29, 0.717) is 0 Å². The van der Waals surface area contributed by atoms with Crippen molar-refractivity contribution in [1.82, 2.24) is 15.5 Å². The van der Waals surface area contributed by atoms with Crippen molar-refractivity contribution in [2.75, 3.05) is 11.9 Å². The Kier molecular flexibility index (Phi) is 3.25. The Balaban J connectivity index is 1.85. The van der Waals surface area contributed by atoms with Crippen molar-refractivity contribution in [2.24, 2.45) is 0 Å². The molecule has 0 fully saturated rings. The summed E-state index contributed by atoms with van der Waals surface area (Å²) >= 11 is 3.45. The third-order valence-corrected chi connectivity index (χ3v) is 3.41. The molecule has 18 heavy (non-hydrogen) atoms. The molecule has 1 aliphatic heterocycles. The second-order valence-corrected chi connectivity index (χ2v) is 5.18. The summed E-state index contributed by atoms with van der Waals surface area (Å²) in [6, 6.07) is 10.1. The highest BCUT2D eigenvalue weighted by Gasteiger charge is 2.11. The van der Waals surface area contributed by atoms with E-state index in [-0.39, 0.29) is 0 Å². The Morgan fingerprint density at radius 1 is 1.22 bits per heavy atom. The normalized spacial score (nSPS) is 14.1. The highest BCUT2D eigenvalue weighted by molar-refractivity contribution is 9.10. The predicted octanol–water partition coefficient (Wildman–Crippen LogP) is 2.63. The standard InChI is InChI=1S/C13H13BrN4/c14-10-2-1-3-11(7-10)16-13-6-9-4-5-15-8-12(9)17-18-13/h1-3,6-7,15H,4-5,8H2,(H,16,18). The van der Waals surface area contributed by atoms with E-state index >= 15 is 0 Å². The lowest BCUT2D eigenvalue weighted by Gasteiger charge is -2.16. The molecule has 0 spiro atoms. The van der Waals surface area contributed by atoms with Gasteiger partial charge in [-0.3, -0.25) is 0 Å². The molecular weight excluding hydrogens is 292 g/mol. The quantitative estimate of drug-likeness (QED) is 0.895. The molecule has 0 radical (unpaired) electrons. The van der Waals surface area contributed by atoms with Crippen LogP contribution < -0.4 is 10.6 Å². The lowest BCUT2D eigenvalue weighted by Crippen LogP contribution is -2.25. The summed E-state index contributed by atoms with van der Waals surface area (Å²) in [5.74, 6) is 0.800. The first-order valence-corrected chi connectivity index (χ1v) is 6.69. The molecular formula is C13H13BrN4. The van der Waals surface area contributed by atoms with Crippen LogP contribution in [0, 0.1) is 0 Å². The van der Waals surface area contributed by atoms with Crippen LogP contribution in [0.5, 0.6) is 0 Å². The van der Waals surface area contributed by atoms with Crippen LogP contribution in [0.3, 0.4) is 0 Å². The van der Waals surface area contributed by atoms with Gasteiger partial charge in [-0.2, -0.15) is 5.10 Å². The highest BCUT2D eigenvalue weighted by atomic mass is 79.9. The maximum atomic E-state index is 4.25. The molecule has 0 bridgehead atoms. The monoisotopic (exact) mass is 304 g/mol. The van der Waals surface area contributed by atoms with Gasteiger partial charge in [-0.05, 0) is 42.8 Å². The van der Waals surface area contributed by atoms with Crippen molar-refractivity contribution < 1.29 is 0 Å². The van der Waals surface area contributed by atoms with Gasteiger partial charge in [0.05, 0.1) is 5.69 Å². The molecule has 0 unspecified atom stereocenters. The number of fused-ring (bicyclic) bond motifs is 1. The average Bonchev–Trinajstić information content (AvgIpc) is 2.39. The van der Waals surface area contributed by atoms with Crippen LogP contribution in [0.4, 0.5) is 11.5 Å². The van der Waals surface area contributed by atoms with E-state index in [9.17, 15) is 0 Å². The van der Waals surface area contributed by atoms with Gasteiger partial charge in [-0.1, -0.05) is 22.0 Å². The molecule has 0 saturated carbocycles. The fourth-order valence-electron chi connectivity index (χ4n) is 2.03. The zero-order valence-electron chi connectivity index (χ0n) is 9.78. The van der Waals surface area contributed by atoms with E-state index in [1.807, 2.05) is 24.3 Å². The van der Waals surface area contributed by atoms with E-state index in [1.165, 1.54) is 5.56 Å². The second-order valence-electron chi connectivity index (χ2n) is 4.26. The molecule has 0 amide bonds. The zero-order valence-corrected chi connectivity index (χ0v) is 11.4. The summed E-state index contributed by atoms with van der Waals surface area (Å²) in [6.45, 7) is 1.83. The Labute approximate surface area is 114 Å². The van der Waals surface area contributed by atoms with Gasteiger partial charge in [0.15, 0.2) is 5.82 Å². The van der Waals surface area contributed by atoms with Gasteiger partial charge in [-0.25, -0.2) is 0 Å². The van der Waals surface area contributed by atoms with Gasteiger partial charge in [-0.15, -0.1) is 5.10 Å². The molecule has 0 saturated heterocycles. The largest absolute Gasteiger partial charge is 0.339 e. The number of rotatable bonds is 2. The van der Waals surface area contributed by atoms with Gasteiger partial charge in [0.1, 0.15) is 0 Å². The number of hydrogen-bond acceptors (Lipinski definition) is 4. The summed E-state index contributed by atoms with van der Waals surface area (Å²) in [4.78, 5) is 0. The van der Waals surface area contributed by atoms with Crippen LogP contribution in [0.2, 0.25) is 0 Å². The molecule has 2 heterocycles. The second kappa shape index (κ2) is 5.04. The van der Waals surface area contributed by atoms with Crippen LogP contribution in [-0.4, -0.2) is 16.7 Å². The minimum absolute atomic E-state index is 0.800. The summed E-state index contributed by atoms with van der Waals surface area (Å²) in [5.41, 5.74) is 3.34. The number of halogens is 1. The minimum Gasteiger partial charge on any atom is -0.339 e. The van der Waals surface area contributed by atoms with Crippen LogP contribution in [0.1, 0.15) is 11.3 Å². The topological polar surface area (TPSA) is 49.8 Å². The van der Waals surface area contributed by atoms with E-state index < -0.39 is 0 Å². The van der Waals surface area contributed by atoms with Crippen molar-refractivity contribution >= 4 is 27.4 Å². The molecule has 2 aromatic rings. The van der Waals surface area contributed by atoms with Crippen molar-refractivity contribution in [3.05, 3.63) is 46.1 Å². The van der Waals surface area contributed by atoms with Crippen molar-refractivity contribution in [2.45, 2.75) is 13.0 Å². The van der Waals surface area contributed by atoms with E-state index in [4.69, 9.17) is 0 Å². The third kappa shape index (κ3) is 2.52. The smallest absolute Gasteiger partial charge is 0.153 e. The maximum absolute atomic E-state index is 4.25. The molecule has 3 rings (SSSR count). The average molecular weight is 305 g/mol. The SMILES string of the molecule is Brc1cccc(Nc2cc3c(nn2)CNCC3)c1.